The maximum atomic E-state index is 12.1. The summed E-state index contributed by atoms with van der Waals surface area (Å²) in [6.07, 6.45) is -5.44. The molecular formula is C12H13F3O3. The molecule has 0 radical (unpaired) electrons. The number of alkyl halides is 3. The molecule has 1 aromatic carbocycles. The SMILES string of the molecule is CCCC(O)C(=O)c1ccccc1OC(F)(F)F. The van der Waals surface area contributed by atoms with Gasteiger partial charge >= 0.3 is 6.36 Å². The van der Waals surface area contributed by atoms with E-state index in [1.807, 2.05) is 0 Å². The third-order valence-electron chi connectivity index (χ3n) is 2.24. The molecule has 0 aliphatic carbocycles. The van der Waals surface area contributed by atoms with Gasteiger partial charge in [-0.3, -0.25) is 4.79 Å². The zero-order valence-electron chi connectivity index (χ0n) is 9.70. The van der Waals surface area contributed by atoms with Crippen LogP contribution in [0.15, 0.2) is 24.3 Å². The fraction of sp³-hybridized carbons (Fsp3) is 0.417. The molecule has 18 heavy (non-hydrogen) atoms. The summed E-state index contributed by atoms with van der Waals surface area (Å²) in [5.74, 6) is -1.36. The van der Waals surface area contributed by atoms with Gasteiger partial charge < -0.3 is 9.84 Å². The van der Waals surface area contributed by atoms with Gasteiger partial charge in [0.15, 0.2) is 5.78 Å². The molecule has 0 spiro atoms. The predicted octanol–water partition coefficient (Wildman–Crippen LogP) is 2.93. The maximum Gasteiger partial charge on any atom is 0.573 e. The third kappa shape index (κ3) is 4.03. The van der Waals surface area contributed by atoms with E-state index < -0.39 is 24.0 Å². The number of aliphatic hydroxyl groups is 1. The van der Waals surface area contributed by atoms with E-state index in [1.165, 1.54) is 18.2 Å². The minimum atomic E-state index is -4.87. The van der Waals surface area contributed by atoms with Crippen molar-refractivity contribution >= 4 is 5.78 Å². The van der Waals surface area contributed by atoms with Crippen LogP contribution >= 0.6 is 0 Å². The maximum absolute atomic E-state index is 12.1. The lowest BCUT2D eigenvalue weighted by Crippen LogP contribution is -2.23. The number of carbonyl (C=O) groups excluding carboxylic acids is 1. The Bertz CT molecular complexity index is 415. The average molecular weight is 262 g/mol. The second-order valence-electron chi connectivity index (χ2n) is 3.71. The molecule has 0 heterocycles. The molecule has 0 fully saturated rings. The van der Waals surface area contributed by atoms with Crippen LogP contribution in [0, 0.1) is 0 Å². The third-order valence-corrected chi connectivity index (χ3v) is 2.24. The number of halogens is 3. The Labute approximate surface area is 102 Å². The van der Waals surface area contributed by atoms with Crippen molar-refractivity contribution in [2.45, 2.75) is 32.2 Å². The van der Waals surface area contributed by atoms with Crippen molar-refractivity contribution in [1.29, 1.82) is 0 Å². The fourth-order valence-corrected chi connectivity index (χ4v) is 1.47. The molecule has 1 aromatic rings. The number of ketones is 1. The first-order valence-corrected chi connectivity index (χ1v) is 5.42. The van der Waals surface area contributed by atoms with Gasteiger partial charge in [0.2, 0.25) is 0 Å². The summed E-state index contributed by atoms with van der Waals surface area (Å²) in [4.78, 5) is 11.7. The Morgan fingerprint density at radius 1 is 1.39 bits per heavy atom. The van der Waals surface area contributed by atoms with Gasteiger partial charge in [0, 0.05) is 0 Å². The Morgan fingerprint density at radius 2 is 2.00 bits per heavy atom. The van der Waals surface area contributed by atoms with E-state index in [9.17, 15) is 23.1 Å². The molecule has 0 saturated carbocycles. The van der Waals surface area contributed by atoms with E-state index in [1.54, 1.807) is 6.92 Å². The number of aliphatic hydroxyl groups excluding tert-OH is 1. The first kappa shape index (κ1) is 14.5. The fourth-order valence-electron chi connectivity index (χ4n) is 1.47. The van der Waals surface area contributed by atoms with Gasteiger partial charge in [-0.25, -0.2) is 0 Å². The summed E-state index contributed by atoms with van der Waals surface area (Å²) in [6, 6.07) is 4.97. The minimum Gasteiger partial charge on any atom is -0.405 e. The number of Topliss-reactive ketones (excluding diaryl/α,β-unsaturated/α-hetero) is 1. The molecule has 6 heteroatoms. The quantitative estimate of drug-likeness (QED) is 0.830. The van der Waals surface area contributed by atoms with E-state index in [4.69, 9.17) is 0 Å². The van der Waals surface area contributed by atoms with E-state index >= 15 is 0 Å². The monoisotopic (exact) mass is 262 g/mol. The number of ether oxygens (including phenoxy) is 1. The van der Waals surface area contributed by atoms with Crippen molar-refractivity contribution < 1.29 is 27.8 Å². The molecule has 0 aliphatic rings. The Kier molecular flexibility index (Phi) is 4.72. The van der Waals surface area contributed by atoms with Crippen LogP contribution in [0.3, 0.4) is 0 Å². The van der Waals surface area contributed by atoms with Crippen LogP contribution < -0.4 is 4.74 Å². The second-order valence-corrected chi connectivity index (χ2v) is 3.71. The number of hydrogen-bond acceptors (Lipinski definition) is 3. The number of rotatable bonds is 5. The molecular weight excluding hydrogens is 249 g/mol. The summed E-state index contributed by atoms with van der Waals surface area (Å²) >= 11 is 0. The van der Waals surface area contributed by atoms with E-state index in [0.717, 1.165) is 6.07 Å². The highest BCUT2D eigenvalue weighted by Crippen LogP contribution is 2.27. The molecule has 0 amide bonds. The van der Waals surface area contributed by atoms with Crippen LogP contribution in [0.5, 0.6) is 5.75 Å². The molecule has 1 unspecified atom stereocenters. The van der Waals surface area contributed by atoms with Crippen molar-refractivity contribution in [3.8, 4) is 5.75 Å². The van der Waals surface area contributed by atoms with Crippen molar-refractivity contribution in [3.63, 3.8) is 0 Å². The van der Waals surface area contributed by atoms with Gasteiger partial charge in [0.25, 0.3) is 0 Å². The van der Waals surface area contributed by atoms with Crippen LogP contribution in [0.2, 0.25) is 0 Å². The highest BCUT2D eigenvalue weighted by molar-refractivity contribution is 6.01. The molecule has 0 aliphatic heterocycles. The lowest BCUT2D eigenvalue weighted by molar-refractivity contribution is -0.274. The van der Waals surface area contributed by atoms with Crippen LogP contribution in [-0.4, -0.2) is 23.4 Å². The molecule has 0 bridgehead atoms. The largest absolute Gasteiger partial charge is 0.573 e. The van der Waals surface area contributed by atoms with E-state index in [-0.39, 0.29) is 12.0 Å². The predicted molar refractivity (Wildman–Crippen MR) is 58.4 cm³/mol. The summed E-state index contributed by atoms with van der Waals surface area (Å²) in [5.41, 5.74) is -0.268. The molecule has 1 N–H and O–H groups in total. The summed E-state index contributed by atoms with van der Waals surface area (Å²) < 4.78 is 40.2. The Balaban J connectivity index is 2.98. The normalized spacial score (nSPS) is 13.2. The summed E-state index contributed by atoms with van der Waals surface area (Å²) in [7, 11) is 0. The molecule has 1 atom stereocenters. The van der Waals surface area contributed by atoms with Crippen LogP contribution in [0.25, 0.3) is 0 Å². The van der Waals surface area contributed by atoms with Crippen LogP contribution in [0.1, 0.15) is 30.1 Å². The minimum absolute atomic E-state index is 0.194. The molecule has 0 aromatic heterocycles. The van der Waals surface area contributed by atoms with Gasteiger partial charge in [0.05, 0.1) is 5.56 Å². The highest BCUT2D eigenvalue weighted by Gasteiger charge is 2.33. The average Bonchev–Trinajstić information content (AvgIpc) is 2.27. The van der Waals surface area contributed by atoms with Gasteiger partial charge in [-0.15, -0.1) is 13.2 Å². The summed E-state index contributed by atoms with van der Waals surface area (Å²) in [5, 5.41) is 9.51. The zero-order valence-corrected chi connectivity index (χ0v) is 9.70. The van der Waals surface area contributed by atoms with Gasteiger partial charge in [-0.1, -0.05) is 25.5 Å². The van der Waals surface area contributed by atoms with Crippen molar-refractivity contribution in [2.75, 3.05) is 0 Å². The smallest absolute Gasteiger partial charge is 0.405 e. The number of benzene rings is 1. The number of para-hydroxylation sites is 1. The van der Waals surface area contributed by atoms with Crippen LogP contribution in [0.4, 0.5) is 13.2 Å². The summed E-state index contributed by atoms with van der Waals surface area (Å²) in [6.45, 7) is 1.76. The van der Waals surface area contributed by atoms with Gasteiger partial charge in [-0.2, -0.15) is 0 Å². The molecule has 3 nitrogen and oxygen atoms in total. The van der Waals surface area contributed by atoms with Gasteiger partial charge in [-0.05, 0) is 18.6 Å². The molecule has 0 saturated heterocycles. The van der Waals surface area contributed by atoms with E-state index in [0.29, 0.717) is 6.42 Å². The van der Waals surface area contributed by atoms with Crippen LogP contribution in [-0.2, 0) is 0 Å². The highest BCUT2D eigenvalue weighted by atomic mass is 19.4. The van der Waals surface area contributed by atoms with Gasteiger partial charge in [0.1, 0.15) is 11.9 Å². The first-order valence-electron chi connectivity index (χ1n) is 5.42. The van der Waals surface area contributed by atoms with Crippen molar-refractivity contribution in [1.82, 2.24) is 0 Å². The van der Waals surface area contributed by atoms with E-state index in [2.05, 4.69) is 4.74 Å². The molecule has 1 rings (SSSR count). The molecule has 100 valence electrons. The topological polar surface area (TPSA) is 46.5 Å². The Hall–Kier alpha value is -1.56. The first-order chi connectivity index (χ1) is 8.35. The van der Waals surface area contributed by atoms with Crippen molar-refractivity contribution in [2.24, 2.45) is 0 Å². The lowest BCUT2D eigenvalue weighted by atomic mass is 10.0. The number of carbonyl (C=O) groups is 1. The lowest BCUT2D eigenvalue weighted by Gasteiger charge is -2.14. The Morgan fingerprint density at radius 3 is 2.56 bits per heavy atom. The van der Waals surface area contributed by atoms with Crippen molar-refractivity contribution in [3.05, 3.63) is 29.8 Å². The second kappa shape index (κ2) is 5.86. The standard InChI is InChI=1S/C12H13F3O3/c1-2-5-9(16)11(17)8-6-3-4-7-10(8)18-12(13,14)15/h3-4,6-7,9,16H,2,5H2,1H3. The number of hydrogen-bond donors (Lipinski definition) is 1. The zero-order chi connectivity index (χ0) is 13.8.